The minimum Gasteiger partial charge on any atom is -0.388 e. The van der Waals surface area contributed by atoms with E-state index in [2.05, 4.69) is 0 Å². The van der Waals surface area contributed by atoms with Crippen molar-refractivity contribution in [1.29, 1.82) is 0 Å². The summed E-state index contributed by atoms with van der Waals surface area (Å²) in [7, 11) is 1.64. The highest BCUT2D eigenvalue weighted by atomic mass is 32.1. The molecule has 2 atom stereocenters. The zero-order valence-corrected chi connectivity index (χ0v) is 14.7. The summed E-state index contributed by atoms with van der Waals surface area (Å²) in [6.45, 7) is 1.21. The molecule has 1 aliphatic heterocycles. The molecule has 0 bridgehead atoms. The SMILES string of the molecule is COCc1ccsc1C(=O)N1CCCC1CC(O)c1ccccc1. The molecule has 1 amide bonds. The average molecular weight is 345 g/mol. The molecule has 2 unspecified atom stereocenters. The number of methoxy groups -OCH3 is 1. The maximum Gasteiger partial charge on any atom is 0.264 e. The van der Waals surface area contributed by atoms with Gasteiger partial charge in [-0.1, -0.05) is 30.3 Å². The molecule has 4 nitrogen and oxygen atoms in total. The standard InChI is InChI=1S/C19H23NO3S/c1-23-13-15-9-11-24-18(15)19(22)20-10-5-8-16(20)12-17(21)14-6-3-2-4-7-14/h2-4,6-7,9,11,16-17,21H,5,8,10,12-13H2,1H3. The monoisotopic (exact) mass is 345 g/mol. The van der Waals surface area contributed by atoms with Crippen LogP contribution in [-0.4, -0.2) is 35.6 Å². The van der Waals surface area contributed by atoms with Gasteiger partial charge < -0.3 is 14.7 Å². The van der Waals surface area contributed by atoms with Crippen molar-refractivity contribution in [3.8, 4) is 0 Å². The van der Waals surface area contributed by atoms with Crippen LogP contribution in [0, 0.1) is 0 Å². The molecule has 3 rings (SSSR count). The number of carbonyl (C=O) groups is 1. The Labute approximate surface area is 146 Å². The Balaban J connectivity index is 1.71. The van der Waals surface area contributed by atoms with E-state index >= 15 is 0 Å². The second-order valence-electron chi connectivity index (χ2n) is 6.16. The van der Waals surface area contributed by atoms with Crippen molar-refractivity contribution in [2.24, 2.45) is 0 Å². The van der Waals surface area contributed by atoms with Gasteiger partial charge in [0.2, 0.25) is 0 Å². The number of hydrogen-bond acceptors (Lipinski definition) is 4. The molecule has 1 aromatic heterocycles. The van der Waals surface area contributed by atoms with Crippen LogP contribution < -0.4 is 0 Å². The summed E-state index contributed by atoms with van der Waals surface area (Å²) >= 11 is 1.47. The normalized spacial score (nSPS) is 18.8. The highest BCUT2D eigenvalue weighted by Gasteiger charge is 2.32. The van der Waals surface area contributed by atoms with E-state index < -0.39 is 6.10 Å². The van der Waals surface area contributed by atoms with Crippen LogP contribution in [0.3, 0.4) is 0 Å². The first kappa shape index (κ1) is 17.1. The lowest BCUT2D eigenvalue weighted by Crippen LogP contribution is -2.36. The Morgan fingerprint density at radius 1 is 1.38 bits per heavy atom. The highest BCUT2D eigenvalue weighted by molar-refractivity contribution is 7.12. The van der Waals surface area contributed by atoms with E-state index in [0.29, 0.717) is 13.0 Å². The van der Waals surface area contributed by atoms with Crippen LogP contribution >= 0.6 is 11.3 Å². The van der Waals surface area contributed by atoms with E-state index in [0.717, 1.165) is 35.4 Å². The fraction of sp³-hybridized carbons (Fsp3) is 0.421. The van der Waals surface area contributed by atoms with Gasteiger partial charge in [-0.3, -0.25) is 4.79 Å². The van der Waals surface area contributed by atoms with Gasteiger partial charge in [0.1, 0.15) is 0 Å². The molecule has 0 radical (unpaired) electrons. The van der Waals surface area contributed by atoms with Crippen molar-refractivity contribution < 1.29 is 14.6 Å². The quantitative estimate of drug-likeness (QED) is 0.870. The maximum atomic E-state index is 12.9. The number of nitrogens with zero attached hydrogens (tertiary/aromatic N) is 1. The Morgan fingerprint density at radius 2 is 2.17 bits per heavy atom. The third kappa shape index (κ3) is 3.69. The number of thiophene rings is 1. The molecular weight excluding hydrogens is 322 g/mol. The molecule has 0 aliphatic carbocycles. The molecule has 5 heteroatoms. The summed E-state index contributed by atoms with van der Waals surface area (Å²) in [6.07, 6.45) is 1.98. The van der Waals surface area contributed by atoms with Crippen molar-refractivity contribution in [1.82, 2.24) is 4.90 Å². The second-order valence-corrected chi connectivity index (χ2v) is 7.08. The Kier molecular flexibility index (Phi) is 5.66. The van der Waals surface area contributed by atoms with Gasteiger partial charge in [0.05, 0.1) is 17.6 Å². The highest BCUT2D eigenvalue weighted by Crippen LogP contribution is 2.30. The van der Waals surface area contributed by atoms with Gasteiger partial charge in [0.25, 0.3) is 5.91 Å². The molecule has 128 valence electrons. The van der Waals surface area contributed by atoms with Gasteiger partial charge in [0, 0.05) is 25.3 Å². The molecular formula is C19H23NO3S. The van der Waals surface area contributed by atoms with Crippen LogP contribution in [-0.2, 0) is 11.3 Å². The van der Waals surface area contributed by atoms with Crippen molar-refractivity contribution in [3.05, 3.63) is 57.8 Å². The summed E-state index contributed by atoms with van der Waals surface area (Å²) in [5, 5.41) is 12.4. The van der Waals surface area contributed by atoms with Crippen molar-refractivity contribution in [3.63, 3.8) is 0 Å². The zero-order chi connectivity index (χ0) is 16.9. The number of rotatable bonds is 6. The fourth-order valence-corrected chi connectivity index (χ4v) is 4.20. The minimum absolute atomic E-state index is 0.0693. The van der Waals surface area contributed by atoms with Gasteiger partial charge in [-0.05, 0) is 36.3 Å². The first-order valence-corrected chi connectivity index (χ1v) is 9.18. The fourth-order valence-electron chi connectivity index (χ4n) is 3.34. The van der Waals surface area contributed by atoms with E-state index in [-0.39, 0.29) is 11.9 Å². The molecule has 1 aliphatic rings. The van der Waals surface area contributed by atoms with Gasteiger partial charge in [-0.2, -0.15) is 0 Å². The predicted octanol–water partition coefficient (Wildman–Crippen LogP) is 3.62. The van der Waals surface area contributed by atoms with E-state index in [1.54, 1.807) is 7.11 Å². The van der Waals surface area contributed by atoms with Crippen LogP contribution in [0.4, 0.5) is 0 Å². The number of carbonyl (C=O) groups excluding carboxylic acids is 1. The van der Waals surface area contributed by atoms with Crippen molar-refractivity contribution in [2.45, 2.75) is 38.0 Å². The summed E-state index contributed by atoms with van der Waals surface area (Å²) in [5.41, 5.74) is 1.86. The smallest absolute Gasteiger partial charge is 0.264 e. The number of aliphatic hydroxyl groups excluding tert-OH is 1. The number of amides is 1. The van der Waals surface area contributed by atoms with E-state index in [9.17, 15) is 9.90 Å². The van der Waals surface area contributed by atoms with Crippen LogP contribution in [0.2, 0.25) is 0 Å². The van der Waals surface area contributed by atoms with Crippen molar-refractivity contribution in [2.75, 3.05) is 13.7 Å². The van der Waals surface area contributed by atoms with Gasteiger partial charge in [-0.15, -0.1) is 11.3 Å². The third-order valence-electron chi connectivity index (χ3n) is 4.56. The molecule has 2 aromatic rings. The molecule has 2 heterocycles. The molecule has 1 saturated heterocycles. The lowest BCUT2D eigenvalue weighted by molar-refractivity contribution is 0.0668. The molecule has 1 aromatic carbocycles. The summed E-state index contributed by atoms with van der Waals surface area (Å²) < 4.78 is 5.18. The number of likely N-dealkylation sites (tertiary alicyclic amines) is 1. The minimum atomic E-state index is -0.536. The van der Waals surface area contributed by atoms with E-state index in [4.69, 9.17) is 4.74 Å². The van der Waals surface area contributed by atoms with Crippen molar-refractivity contribution >= 4 is 17.2 Å². The lowest BCUT2D eigenvalue weighted by atomic mass is 10.0. The molecule has 24 heavy (non-hydrogen) atoms. The largest absolute Gasteiger partial charge is 0.388 e. The Hall–Kier alpha value is -1.69. The number of benzene rings is 1. The number of hydrogen-bond donors (Lipinski definition) is 1. The molecule has 1 N–H and O–H groups in total. The van der Waals surface area contributed by atoms with Crippen LogP contribution in [0.25, 0.3) is 0 Å². The van der Waals surface area contributed by atoms with Gasteiger partial charge >= 0.3 is 0 Å². The van der Waals surface area contributed by atoms with Crippen LogP contribution in [0.15, 0.2) is 41.8 Å². The summed E-state index contributed by atoms with van der Waals surface area (Å²) in [6, 6.07) is 11.7. The maximum absolute atomic E-state index is 12.9. The van der Waals surface area contributed by atoms with Crippen LogP contribution in [0.1, 0.15) is 46.2 Å². The number of aliphatic hydroxyl groups is 1. The summed E-state index contributed by atoms with van der Waals surface area (Å²) in [4.78, 5) is 15.6. The molecule has 0 saturated carbocycles. The zero-order valence-electron chi connectivity index (χ0n) is 13.9. The molecule has 1 fully saturated rings. The van der Waals surface area contributed by atoms with E-state index in [1.807, 2.05) is 46.7 Å². The third-order valence-corrected chi connectivity index (χ3v) is 5.50. The summed E-state index contributed by atoms with van der Waals surface area (Å²) in [5.74, 6) is 0.0693. The number of ether oxygens (including phenoxy) is 1. The Morgan fingerprint density at radius 3 is 2.92 bits per heavy atom. The topological polar surface area (TPSA) is 49.8 Å². The predicted molar refractivity (Wildman–Crippen MR) is 95.1 cm³/mol. The van der Waals surface area contributed by atoms with Gasteiger partial charge in [0.15, 0.2) is 0 Å². The molecule has 0 spiro atoms. The second kappa shape index (κ2) is 7.92. The van der Waals surface area contributed by atoms with E-state index in [1.165, 1.54) is 11.3 Å². The van der Waals surface area contributed by atoms with Crippen LogP contribution in [0.5, 0.6) is 0 Å². The first-order chi connectivity index (χ1) is 11.7. The van der Waals surface area contributed by atoms with Gasteiger partial charge in [-0.25, -0.2) is 0 Å². The average Bonchev–Trinajstić information content (AvgIpc) is 3.25. The Bertz CT molecular complexity index is 670. The lowest BCUT2D eigenvalue weighted by Gasteiger charge is -2.26. The first-order valence-electron chi connectivity index (χ1n) is 8.30.